The van der Waals surface area contributed by atoms with Crippen LogP contribution in [0.5, 0.6) is 5.75 Å². The molecule has 0 radical (unpaired) electrons. The molecule has 0 fully saturated rings. The summed E-state index contributed by atoms with van der Waals surface area (Å²) in [5.74, 6) is 0.620. The average molecular weight is 315 g/mol. The number of benzene rings is 1. The summed E-state index contributed by atoms with van der Waals surface area (Å²) in [6, 6.07) is 10.9. The number of hydrogen-bond acceptors (Lipinski definition) is 4. The minimum Gasteiger partial charge on any atom is -0.489 e. The van der Waals surface area contributed by atoms with Gasteiger partial charge in [0.1, 0.15) is 12.4 Å². The van der Waals surface area contributed by atoms with Gasteiger partial charge in [-0.3, -0.25) is 4.98 Å². The van der Waals surface area contributed by atoms with Crippen LogP contribution in [0.3, 0.4) is 0 Å². The molecule has 0 bridgehead atoms. The van der Waals surface area contributed by atoms with Gasteiger partial charge in [-0.1, -0.05) is 12.1 Å². The summed E-state index contributed by atoms with van der Waals surface area (Å²) in [6.45, 7) is 3.23. The summed E-state index contributed by atoms with van der Waals surface area (Å²) < 4.78 is 10.6. The maximum atomic E-state index is 12.0. The summed E-state index contributed by atoms with van der Waals surface area (Å²) in [5, 5.41) is 5.56. The van der Waals surface area contributed by atoms with Crippen LogP contribution in [-0.4, -0.2) is 31.3 Å². The molecule has 23 heavy (non-hydrogen) atoms. The Hall–Kier alpha value is -2.60. The van der Waals surface area contributed by atoms with Crippen molar-refractivity contribution in [3.63, 3.8) is 0 Å². The Labute approximate surface area is 135 Å². The van der Waals surface area contributed by atoms with E-state index in [2.05, 4.69) is 15.6 Å². The molecule has 0 aliphatic heterocycles. The lowest BCUT2D eigenvalue weighted by Gasteiger charge is -2.13. The lowest BCUT2D eigenvalue weighted by atomic mass is 10.2. The Bertz CT molecular complexity index is 632. The third-order valence-electron chi connectivity index (χ3n) is 3.09. The number of rotatable bonds is 7. The Morgan fingerprint density at radius 1 is 1.22 bits per heavy atom. The van der Waals surface area contributed by atoms with Crippen molar-refractivity contribution < 1.29 is 14.3 Å². The number of methoxy groups -OCH3 is 1. The average Bonchev–Trinajstić information content (AvgIpc) is 2.56. The first-order chi connectivity index (χ1) is 11.2. The van der Waals surface area contributed by atoms with Crippen molar-refractivity contribution in [1.82, 2.24) is 10.3 Å². The predicted molar refractivity (Wildman–Crippen MR) is 88.6 cm³/mol. The molecule has 2 amide bonds. The molecule has 0 atom stereocenters. The molecule has 122 valence electrons. The van der Waals surface area contributed by atoms with Crippen LogP contribution in [0.1, 0.15) is 11.3 Å². The highest BCUT2D eigenvalue weighted by Crippen LogP contribution is 2.25. The number of urea groups is 1. The molecule has 0 saturated carbocycles. The van der Waals surface area contributed by atoms with Crippen molar-refractivity contribution in [3.8, 4) is 5.75 Å². The summed E-state index contributed by atoms with van der Waals surface area (Å²) in [4.78, 5) is 16.2. The molecule has 2 aromatic rings. The number of hydrogen-bond donors (Lipinski definition) is 2. The molecule has 0 unspecified atom stereocenters. The topological polar surface area (TPSA) is 72.5 Å². The van der Waals surface area contributed by atoms with Crippen molar-refractivity contribution in [1.29, 1.82) is 0 Å². The van der Waals surface area contributed by atoms with Crippen LogP contribution in [0.2, 0.25) is 0 Å². The van der Waals surface area contributed by atoms with Crippen LogP contribution in [0.25, 0.3) is 0 Å². The normalized spacial score (nSPS) is 10.2. The van der Waals surface area contributed by atoms with Crippen molar-refractivity contribution in [3.05, 3.63) is 53.9 Å². The lowest BCUT2D eigenvalue weighted by Crippen LogP contribution is -2.28. The second kappa shape index (κ2) is 8.75. The maximum Gasteiger partial charge on any atom is 0.319 e. The summed E-state index contributed by atoms with van der Waals surface area (Å²) in [6.07, 6.45) is 1.69. The van der Waals surface area contributed by atoms with Crippen molar-refractivity contribution in [2.75, 3.05) is 25.6 Å². The van der Waals surface area contributed by atoms with E-state index in [1.807, 2.05) is 43.3 Å². The molecular formula is C17H21N3O3. The zero-order chi connectivity index (χ0) is 16.5. The van der Waals surface area contributed by atoms with Crippen molar-refractivity contribution in [2.24, 2.45) is 0 Å². The van der Waals surface area contributed by atoms with Crippen LogP contribution in [0.4, 0.5) is 10.5 Å². The summed E-state index contributed by atoms with van der Waals surface area (Å²) in [5.41, 5.74) is 2.46. The Morgan fingerprint density at radius 2 is 2.09 bits per heavy atom. The van der Waals surface area contributed by atoms with E-state index >= 15 is 0 Å². The first-order valence-electron chi connectivity index (χ1n) is 7.36. The molecule has 2 rings (SSSR count). The third kappa shape index (κ3) is 5.60. The molecule has 1 aromatic heterocycles. The second-order valence-electron chi connectivity index (χ2n) is 4.97. The molecule has 6 nitrogen and oxygen atoms in total. The number of nitrogens with zero attached hydrogens (tertiary/aromatic N) is 1. The van der Waals surface area contributed by atoms with Crippen LogP contribution in [0, 0.1) is 6.92 Å². The standard InChI is InChI=1S/C17H21N3O3/c1-13-6-7-15(16(11-13)23-10-9-22-2)20-17(21)19-12-14-5-3-4-8-18-14/h3-8,11H,9-10,12H2,1-2H3,(H2,19,20,21). The van der Waals surface area contributed by atoms with Crippen LogP contribution in [-0.2, 0) is 11.3 Å². The van der Waals surface area contributed by atoms with Gasteiger partial charge >= 0.3 is 6.03 Å². The Morgan fingerprint density at radius 3 is 2.83 bits per heavy atom. The van der Waals surface area contributed by atoms with E-state index < -0.39 is 0 Å². The van der Waals surface area contributed by atoms with Crippen molar-refractivity contribution >= 4 is 11.7 Å². The molecule has 0 aliphatic rings. The number of ether oxygens (including phenoxy) is 2. The van der Waals surface area contributed by atoms with E-state index in [1.165, 1.54) is 0 Å². The number of carbonyl (C=O) groups is 1. The van der Waals surface area contributed by atoms with E-state index in [0.29, 0.717) is 31.2 Å². The SMILES string of the molecule is COCCOc1cc(C)ccc1NC(=O)NCc1ccccn1. The van der Waals surface area contributed by atoms with E-state index in [0.717, 1.165) is 11.3 Å². The van der Waals surface area contributed by atoms with Gasteiger partial charge in [-0.2, -0.15) is 0 Å². The van der Waals surface area contributed by atoms with E-state index in [1.54, 1.807) is 13.3 Å². The monoisotopic (exact) mass is 315 g/mol. The molecule has 6 heteroatoms. The number of aryl methyl sites for hydroxylation is 1. The number of nitrogens with one attached hydrogen (secondary N) is 2. The van der Waals surface area contributed by atoms with Crippen LogP contribution >= 0.6 is 0 Å². The van der Waals surface area contributed by atoms with Gasteiger partial charge in [0.2, 0.25) is 0 Å². The summed E-state index contributed by atoms with van der Waals surface area (Å²) >= 11 is 0. The summed E-state index contributed by atoms with van der Waals surface area (Å²) in [7, 11) is 1.61. The molecule has 2 N–H and O–H groups in total. The zero-order valence-electron chi connectivity index (χ0n) is 13.3. The fourth-order valence-corrected chi connectivity index (χ4v) is 1.93. The predicted octanol–water partition coefficient (Wildman–Crippen LogP) is 2.74. The third-order valence-corrected chi connectivity index (χ3v) is 3.09. The number of anilines is 1. The first kappa shape index (κ1) is 16.8. The highest BCUT2D eigenvalue weighted by atomic mass is 16.5. The fraction of sp³-hybridized carbons (Fsp3) is 0.294. The quantitative estimate of drug-likeness (QED) is 0.771. The van der Waals surface area contributed by atoms with Gasteiger partial charge in [0.15, 0.2) is 0 Å². The number of carbonyl (C=O) groups excluding carboxylic acids is 1. The molecule has 0 saturated heterocycles. The Kier molecular flexibility index (Phi) is 6.38. The van der Waals surface area contributed by atoms with Gasteiger partial charge in [0.25, 0.3) is 0 Å². The van der Waals surface area contributed by atoms with Crippen molar-refractivity contribution in [2.45, 2.75) is 13.5 Å². The Balaban J connectivity index is 1.94. The first-order valence-corrected chi connectivity index (χ1v) is 7.36. The minimum absolute atomic E-state index is 0.309. The highest BCUT2D eigenvalue weighted by Gasteiger charge is 2.08. The lowest BCUT2D eigenvalue weighted by molar-refractivity contribution is 0.146. The van der Waals surface area contributed by atoms with Gasteiger partial charge in [-0.25, -0.2) is 4.79 Å². The highest BCUT2D eigenvalue weighted by molar-refractivity contribution is 5.90. The molecule has 1 heterocycles. The molecule has 0 spiro atoms. The van der Waals surface area contributed by atoms with Crippen LogP contribution < -0.4 is 15.4 Å². The van der Waals surface area contributed by atoms with Gasteiger partial charge in [-0.05, 0) is 36.8 Å². The van der Waals surface area contributed by atoms with Gasteiger partial charge in [0, 0.05) is 13.3 Å². The fourth-order valence-electron chi connectivity index (χ4n) is 1.93. The van der Waals surface area contributed by atoms with Gasteiger partial charge in [-0.15, -0.1) is 0 Å². The molecular weight excluding hydrogens is 294 g/mol. The van der Waals surface area contributed by atoms with E-state index in [-0.39, 0.29) is 6.03 Å². The smallest absolute Gasteiger partial charge is 0.319 e. The van der Waals surface area contributed by atoms with Gasteiger partial charge < -0.3 is 20.1 Å². The number of amides is 2. The van der Waals surface area contributed by atoms with Crippen LogP contribution in [0.15, 0.2) is 42.6 Å². The van der Waals surface area contributed by atoms with E-state index in [4.69, 9.17) is 9.47 Å². The molecule has 1 aromatic carbocycles. The second-order valence-corrected chi connectivity index (χ2v) is 4.97. The largest absolute Gasteiger partial charge is 0.489 e. The van der Waals surface area contributed by atoms with Gasteiger partial charge in [0.05, 0.1) is 24.5 Å². The number of aromatic nitrogens is 1. The minimum atomic E-state index is -0.309. The maximum absolute atomic E-state index is 12.0. The van der Waals surface area contributed by atoms with E-state index in [9.17, 15) is 4.79 Å². The number of pyridine rings is 1. The zero-order valence-corrected chi connectivity index (χ0v) is 13.3. The molecule has 0 aliphatic carbocycles.